The molecule has 2 spiro atoms. The van der Waals surface area contributed by atoms with E-state index in [0.29, 0.717) is 0 Å². The van der Waals surface area contributed by atoms with Crippen molar-refractivity contribution >= 4 is 60.5 Å². The molecule has 4 aliphatic rings. The molecule has 0 bridgehead atoms. The Morgan fingerprint density at radius 2 is 0.644 bits per heavy atom. The quantitative estimate of drug-likeness (QED) is 0.177. The molecule has 0 fully saturated rings. The molecule has 0 N–H and O–H groups in total. The van der Waals surface area contributed by atoms with Gasteiger partial charge >= 0.3 is 0 Å². The number of furan rings is 1. The fourth-order valence-corrected chi connectivity index (χ4v) is 14.1. The van der Waals surface area contributed by atoms with Crippen molar-refractivity contribution in [1.82, 2.24) is 0 Å². The summed E-state index contributed by atoms with van der Waals surface area (Å²) in [7, 11) is 0. The Hall–Kier alpha value is -9.44. The Morgan fingerprint density at radius 1 is 0.260 bits per heavy atom. The van der Waals surface area contributed by atoms with Gasteiger partial charge in [0.2, 0.25) is 0 Å². The molecule has 0 saturated heterocycles. The van der Waals surface area contributed by atoms with Crippen molar-refractivity contribution in [3.8, 4) is 44.9 Å². The maximum Gasteiger partial charge on any atom is 0.140 e. The van der Waals surface area contributed by atoms with Gasteiger partial charge in [-0.15, -0.1) is 0 Å². The Labute approximate surface area is 421 Å². The number of hydrogen-bond acceptors (Lipinski definition) is 3. The van der Waals surface area contributed by atoms with Gasteiger partial charge in [-0.05, 0) is 120 Å². The van der Waals surface area contributed by atoms with E-state index in [1.165, 1.54) is 66.8 Å². The molecule has 0 saturated carbocycles. The molecule has 0 amide bonds. The van der Waals surface area contributed by atoms with Crippen LogP contribution in [0.5, 0.6) is 11.5 Å². The van der Waals surface area contributed by atoms with Gasteiger partial charge in [0.05, 0.1) is 10.8 Å². The zero-order valence-electron chi connectivity index (χ0n) is 39.4. The average Bonchev–Trinajstić information content (AvgIpc) is 4.25. The van der Waals surface area contributed by atoms with Crippen LogP contribution in [0.4, 0.5) is 17.1 Å². The second-order valence-corrected chi connectivity index (χ2v) is 20.2. The summed E-state index contributed by atoms with van der Waals surface area (Å²) in [4.78, 5) is 2.47. The van der Waals surface area contributed by atoms with E-state index in [-0.39, 0.29) is 0 Å². The molecule has 12 aromatic carbocycles. The summed E-state index contributed by atoms with van der Waals surface area (Å²) in [5, 5.41) is 6.71. The first-order valence-electron chi connectivity index (χ1n) is 25.3. The molecular formula is C70H41NO2. The minimum absolute atomic E-state index is 0.506. The number of hydrogen-bond donors (Lipinski definition) is 0. The van der Waals surface area contributed by atoms with Crippen LogP contribution >= 0.6 is 0 Å². The highest BCUT2D eigenvalue weighted by molar-refractivity contribution is 6.07. The predicted molar refractivity (Wildman–Crippen MR) is 297 cm³/mol. The lowest BCUT2D eigenvalue weighted by Crippen LogP contribution is -2.32. The first-order valence-corrected chi connectivity index (χ1v) is 25.3. The fourth-order valence-electron chi connectivity index (χ4n) is 14.1. The molecule has 3 heteroatoms. The van der Waals surface area contributed by atoms with Crippen molar-refractivity contribution < 1.29 is 9.15 Å². The summed E-state index contributed by atoms with van der Waals surface area (Å²) < 4.78 is 14.0. The molecule has 3 aliphatic carbocycles. The van der Waals surface area contributed by atoms with Gasteiger partial charge in [0.15, 0.2) is 0 Å². The average molecular weight is 928 g/mol. The first-order chi connectivity index (χ1) is 36.2. The molecule has 3 nitrogen and oxygen atoms in total. The number of anilines is 3. The molecule has 0 radical (unpaired) electrons. The molecule has 13 aromatic rings. The number of para-hydroxylation sites is 1. The second kappa shape index (κ2) is 14.1. The van der Waals surface area contributed by atoms with E-state index < -0.39 is 10.8 Å². The summed E-state index contributed by atoms with van der Waals surface area (Å²) in [6.07, 6.45) is 0. The molecule has 0 atom stereocenters. The lowest BCUT2D eigenvalue weighted by Gasteiger charge is -2.40. The van der Waals surface area contributed by atoms with E-state index in [4.69, 9.17) is 9.15 Å². The van der Waals surface area contributed by atoms with Crippen molar-refractivity contribution in [2.75, 3.05) is 4.90 Å². The van der Waals surface area contributed by atoms with E-state index >= 15 is 0 Å². The van der Waals surface area contributed by atoms with Crippen LogP contribution in [0.15, 0.2) is 253 Å². The highest BCUT2D eigenvalue weighted by atomic mass is 16.5. The Kier molecular flexibility index (Phi) is 7.60. The van der Waals surface area contributed by atoms with Gasteiger partial charge < -0.3 is 14.1 Å². The molecule has 1 aliphatic heterocycles. The van der Waals surface area contributed by atoms with Gasteiger partial charge in [0, 0.05) is 55.8 Å². The van der Waals surface area contributed by atoms with Crippen LogP contribution in [-0.4, -0.2) is 0 Å². The van der Waals surface area contributed by atoms with Crippen LogP contribution in [0.25, 0.3) is 76.9 Å². The number of benzene rings is 12. The van der Waals surface area contributed by atoms with Gasteiger partial charge in [-0.3, -0.25) is 0 Å². The normalized spacial score (nSPS) is 14.4. The molecule has 0 unspecified atom stereocenters. The van der Waals surface area contributed by atoms with Gasteiger partial charge in [-0.1, -0.05) is 200 Å². The number of rotatable bonds is 3. The third kappa shape index (κ3) is 4.89. The maximum absolute atomic E-state index is 7.35. The number of ether oxygens (including phenoxy) is 1. The van der Waals surface area contributed by atoms with Gasteiger partial charge in [-0.2, -0.15) is 0 Å². The predicted octanol–water partition coefficient (Wildman–Crippen LogP) is 18.2. The molecular weight excluding hydrogens is 887 g/mol. The second-order valence-electron chi connectivity index (χ2n) is 20.2. The van der Waals surface area contributed by atoms with Crippen molar-refractivity contribution in [2.45, 2.75) is 10.8 Å². The Morgan fingerprint density at radius 3 is 1.16 bits per heavy atom. The summed E-state index contributed by atoms with van der Waals surface area (Å²) in [6, 6.07) is 92.2. The van der Waals surface area contributed by atoms with E-state index in [1.54, 1.807) is 0 Å². The summed E-state index contributed by atoms with van der Waals surface area (Å²) >= 11 is 0. The SMILES string of the molecule is c1ccc2c(c1)-c1ccccc1C21c2ccccc2-c2ccc(N(c3ccc4c(c3)C3(c5ccccc5-4)c4ccc5ccccc5c4Oc4c3ccc3ccccc43)c3ccc4c(c3)oc3ccccc34)cc21. The van der Waals surface area contributed by atoms with Crippen LogP contribution in [0.1, 0.15) is 44.5 Å². The third-order valence-corrected chi connectivity index (χ3v) is 16.9. The highest BCUT2D eigenvalue weighted by Gasteiger charge is 2.54. The Balaban J connectivity index is 0.966. The lowest BCUT2D eigenvalue weighted by molar-refractivity contribution is 0.447. The van der Waals surface area contributed by atoms with Crippen molar-refractivity contribution in [2.24, 2.45) is 0 Å². The number of fused-ring (bicyclic) bond motifs is 26. The summed E-state index contributed by atoms with van der Waals surface area (Å²) in [5.41, 5.74) is 21.2. The van der Waals surface area contributed by atoms with Crippen LogP contribution in [0.3, 0.4) is 0 Å². The van der Waals surface area contributed by atoms with E-state index in [9.17, 15) is 0 Å². The lowest BCUT2D eigenvalue weighted by atomic mass is 9.65. The minimum Gasteiger partial charge on any atom is -0.456 e. The topological polar surface area (TPSA) is 25.6 Å². The molecule has 2 heterocycles. The maximum atomic E-state index is 7.35. The van der Waals surface area contributed by atoms with Crippen molar-refractivity contribution in [3.05, 3.63) is 293 Å². The van der Waals surface area contributed by atoms with Crippen LogP contribution in [-0.2, 0) is 10.8 Å². The zero-order valence-corrected chi connectivity index (χ0v) is 39.4. The highest BCUT2D eigenvalue weighted by Crippen LogP contribution is 2.66. The summed E-state index contributed by atoms with van der Waals surface area (Å²) in [6.45, 7) is 0. The fraction of sp³-hybridized carbons (Fsp3) is 0.0286. The van der Waals surface area contributed by atoms with E-state index in [2.05, 4.69) is 248 Å². The van der Waals surface area contributed by atoms with Crippen molar-refractivity contribution in [1.29, 1.82) is 0 Å². The van der Waals surface area contributed by atoms with Crippen molar-refractivity contribution in [3.63, 3.8) is 0 Å². The molecule has 73 heavy (non-hydrogen) atoms. The van der Waals surface area contributed by atoms with E-state index in [1.807, 2.05) is 6.07 Å². The monoisotopic (exact) mass is 927 g/mol. The van der Waals surface area contributed by atoms with Crippen LogP contribution in [0, 0.1) is 0 Å². The molecule has 1 aromatic heterocycles. The summed E-state index contributed by atoms with van der Waals surface area (Å²) in [5.74, 6) is 1.81. The zero-order chi connectivity index (χ0) is 47.6. The van der Waals surface area contributed by atoms with Gasteiger partial charge in [-0.25, -0.2) is 0 Å². The smallest absolute Gasteiger partial charge is 0.140 e. The van der Waals surface area contributed by atoms with Crippen LogP contribution < -0.4 is 9.64 Å². The third-order valence-electron chi connectivity index (χ3n) is 16.9. The van der Waals surface area contributed by atoms with Crippen LogP contribution in [0.2, 0.25) is 0 Å². The standard InChI is InChI=1S/C70H41NO2/c1-3-17-47-42(15-1)29-37-61-67(47)73-68-48-18-4-2-16-43(48)30-38-62(68)70(61)60-27-13-8-22-52(60)54-35-32-45(40-64(54)70)71(46-33-36-56-55-23-9-14-28-65(55)72-66(56)41-46)44-31-34-53-51-21-7-12-26-59(51)69(63(53)39-44)57-24-10-5-19-49(57)50-20-6-11-25-58(50)69/h1-41H. The van der Waals surface area contributed by atoms with Gasteiger partial charge in [0.1, 0.15) is 22.7 Å². The minimum atomic E-state index is -0.714. The first kappa shape index (κ1) is 39.3. The van der Waals surface area contributed by atoms with E-state index in [0.717, 1.165) is 83.2 Å². The largest absolute Gasteiger partial charge is 0.456 e. The molecule has 338 valence electrons. The Bertz CT molecular complexity index is 4430. The number of nitrogens with zero attached hydrogens (tertiary/aromatic N) is 1. The van der Waals surface area contributed by atoms with Gasteiger partial charge in [0.25, 0.3) is 0 Å². The molecule has 17 rings (SSSR count).